The normalized spacial score (nSPS) is 11.2. The van der Waals surface area contributed by atoms with Gasteiger partial charge in [0.2, 0.25) is 0 Å². The molecule has 0 heterocycles. The molecule has 0 saturated heterocycles. The van der Waals surface area contributed by atoms with Gasteiger partial charge in [-0.3, -0.25) is 0 Å². The lowest BCUT2D eigenvalue weighted by Crippen LogP contribution is -3.00. The number of unbranched alkanes of at least 4 members (excludes halogenated alkanes) is 4. The third-order valence-corrected chi connectivity index (χ3v) is 2.79. The maximum absolute atomic E-state index is 8.70. The van der Waals surface area contributed by atoms with Crippen LogP contribution in [0.4, 0.5) is 0 Å². The molecule has 0 radical (unpaired) electrons. The summed E-state index contributed by atoms with van der Waals surface area (Å²) in [5.74, 6) is 0. The van der Waals surface area contributed by atoms with Gasteiger partial charge in [-0.2, -0.15) is 0 Å². The van der Waals surface area contributed by atoms with Gasteiger partial charge in [0, 0.05) is 6.61 Å². The van der Waals surface area contributed by atoms with E-state index >= 15 is 0 Å². The Labute approximate surface area is 106 Å². The molecule has 2 nitrogen and oxygen atoms in total. The van der Waals surface area contributed by atoms with Crippen LogP contribution in [0.1, 0.15) is 45.4 Å². The van der Waals surface area contributed by atoms with Crippen molar-refractivity contribution in [3.05, 3.63) is 0 Å². The van der Waals surface area contributed by atoms with Gasteiger partial charge in [-0.15, -0.1) is 0 Å². The van der Waals surface area contributed by atoms with Crippen LogP contribution in [-0.2, 0) is 0 Å². The monoisotopic (exact) mass is 281 g/mol. The lowest BCUT2D eigenvalue weighted by molar-refractivity contribution is -0.890. The Balaban J connectivity index is 0. The molecule has 0 aromatic carbocycles. The molecule has 0 amide bonds. The van der Waals surface area contributed by atoms with Crippen LogP contribution in [0.3, 0.4) is 0 Å². The van der Waals surface area contributed by atoms with Gasteiger partial charge in [0.05, 0.1) is 27.2 Å². The molecule has 0 saturated carbocycles. The van der Waals surface area contributed by atoms with Gasteiger partial charge in [-0.1, -0.05) is 19.8 Å². The molecular formula is C12H28BrNO. The topological polar surface area (TPSA) is 20.2 Å². The van der Waals surface area contributed by atoms with Gasteiger partial charge >= 0.3 is 0 Å². The molecule has 0 rings (SSSR count). The Morgan fingerprint density at radius 3 is 1.87 bits per heavy atom. The lowest BCUT2D eigenvalue weighted by atomic mass is 10.2. The van der Waals surface area contributed by atoms with Crippen molar-refractivity contribution in [2.75, 3.05) is 33.8 Å². The molecule has 0 fully saturated rings. The fourth-order valence-electron chi connectivity index (χ4n) is 1.73. The van der Waals surface area contributed by atoms with E-state index in [1.54, 1.807) is 0 Å². The number of quaternary nitrogens is 1. The number of rotatable bonds is 9. The van der Waals surface area contributed by atoms with E-state index in [0.717, 1.165) is 17.3 Å². The predicted molar refractivity (Wildman–Crippen MR) is 62.3 cm³/mol. The third-order valence-electron chi connectivity index (χ3n) is 2.79. The summed E-state index contributed by atoms with van der Waals surface area (Å²) in [5, 5.41) is 8.70. The van der Waals surface area contributed by atoms with E-state index < -0.39 is 0 Å². The summed E-state index contributed by atoms with van der Waals surface area (Å²) in [6.07, 6.45) is 7.51. The summed E-state index contributed by atoms with van der Waals surface area (Å²) in [7, 11) is 4.59. The highest BCUT2D eigenvalue weighted by Gasteiger charge is 2.12. The molecule has 0 aliphatic carbocycles. The third kappa shape index (κ3) is 12.3. The van der Waals surface area contributed by atoms with E-state index in [1.165, 1.54) is 38.8 Å². The molecule has 0 atom stereocenters. The zero-order valence-electron chi connectivity index (χ0n) is 10.6. The van der Waals surface area contributed by atoms with Crippen molar-refractivity contribution < 1.29 is 26.6 Å². The quantitative estimate of drug-likeness (QED) is 0.443. The first-order valence-electron chi connectivity index (χ1n) is 6.05. The molecule has 15 heavy (non-hydrogen) atoms. The van der Waals surface area contributed by atoms with Crippen LogP contribution in [-0.4, -0.2) is 43.4 Å². The summed E-state index contributed by atoms with van der Waals surface area (Å²) in [6.45, 7) is 5.08. The fourth-order valence-corrected chi connectivity index (χ4v) is 1.73. The van der Waals surface area contributed by atoms with Crippen LogP contribution in [0.2, 0.25) is 0 Å². The van der Waals surface area contributed by atoms with E-state index in [4.69, 9.17) is 5.11 Å². The Morgan fingerprint density at radius 1 is 0.867 bits per heavy atom. The summed E-state index contributed by atoms with van der Waals surface area (Å²) in [4.78, 5) is 0. The molecule has 0 aliphatic rings. The minimum absolute atomic E-state index is 0. The van der Waals surface area contributed by atoms with Gasteiger partial charge in [-0.05, 0) is 25.7 Å². The van der Waals surface area contributed by atoms with Crippen molar-refractivity contribution in [3.8, 4) is 0 Å². The van der Waals surface area contributed by atoms with Crippen molar-refractivity contribution in [1.29, 1.82) is 0 Å². The molecular weight excluding hydrogens is 254 g/mol. The number of aliphatic hydroxyl groups is 1. The molecule has 0 spiro atoms. The summed E-state index contributed by atoms with van der Waals surface area (Å²) in [6, 6.07) is 0. The maximum atomic E-state index is 8.70. The highest BCUT2D eigenvalue weighted by Crippen LogP contribution is 2.07. The molecule has 0 unspecified atom stereocenters. The van der Waals surface area contributed by atoms with Crippen molar-refractivity contribution >= 4 is 0 Å². The summed E-state index contributed by atoms with van der Waals surface area (Å²) >= 11 is 0. The average Bonchev–Trinajstić information content (AvgIpc) is 2.13. The number of nitrogens with zero attached hydrogens (tertiary/aromatic N) is 1. The van der Waals surface area contributed by atoms with Crippen molar-refractivity contribution in [3.63, 3.8) is 0 Å². The van der Waals surface area contributed by atoms with Gasteiger partial charge in [0.15, 0.2) is 0 Å². The van der Waals surface area contributed by atoms with Crippen molar-refractivity contribution in [2.45, 2.75) is 45.4 Å². The van der Waals surface area contributed by atoms with Gasteiger partial charge in [0.25, 0.3) is 0 Å². The van der Waals surface area contributed by atoms with Crippen LogP contribution in [0, 0.1) is 0 Å². The zero-order chi connectivity index (χ0) is 10.9. The molecule has 0 aliphatic heterocycles. The second-order valence-electron chi connectivity index (χ2n) is 4.87. The molecule has 0 aromatic rings. The molecule has 3 heteroatoms. The van der Waals surface area contributed by atoms with E-state index in [0.29, 0.717) is 6.61 Å². The highest BCUT2D eigenvalue weighted by atomic mass is 79.9. The first kappa shape index (κ1) is 17.8. The first-order chi connectivity index (χ1) is 6.62. The predicted octanol–water partition coefficient (Wildman–Crippen LogP) is -0.580. The van der Waals surface area contributed by atoms with Gasteiger partial charge in [0.1, 0.15) is 0 Å². The fraction of sp³-hybridized carbons (Fsp3) is 1.00. The molecule has 1 N–H and O–H groups in total. The minimum atomic E-state index is 0. The van der Waals surface area contributed by atoms with Crippen LogP contribution in [0.5, 0.6) is 0 Å². The van der Waals surface area contributed by atoms with Crippen molar-refractivity contribution in [2.24, 2.45) is 0 Å². The first-order valence-corrected chi connectivity index (χ1v) is 6.05. The SMILES string of the molecule is CCCCCC[N+](C)(C)CCCCO.[Br-]. The van der Waals surface area contributed by atoms with Crippen LogP contribution in [0.15, 0.2) is 0 Å². The lowest BCUT2D eigenvalue weighted by Gasteiger charge is -2.29. The van der Waals surface area contributed by atoms with Crippen LogP contribution in [0.25, 0.3) is 0 Å². The maximum Gasteiger partial charge on any atom is 0.0783 e. The van der Waals surface area contributed by atoms with Crippen LogP contribution >= 0.6 is 0 Å². The standard InChI is InChI=1S/C12H28NO.BrH/c1-4-5-6-7-10-13(2,3)11-8-9-12-14;/h14H,4-12H2,1-3H3;1H/q+1;/p-1. The van der Waals surface area contributed by atoms with Crippen molar-refractivity contribution in [1.82, 2.24) is 0 Å². The summed E-state index contributed by atoms with van der Waals surface area (Å²) < 4.78 is 1.11. The average molecular weight is 282 g/mol. The Morgan fingerprint density at radius 2 is 1.40 bits per heavy atom. The molecule has 94 valence electrons. The summed E-state index contributed by atoms with van der Waals surface area (Å²) in [5.41, 5.74) is 0. The Kier molecular flexibility index (Phi) is 12.9. The highest BCUT2D eigenvalue weighted by molar-refractivity contribution is 4.42. The number of hydrogen-bond acceptors (Lipinski definition) is 1. The van der Waals surface area contributed by atoms with E-state index in [2.05, 4.69) is 21.0 Å². The second-order valence-corrected chi connectivity index (χ2v) is 4.87. The van der Waals surface area contributed by atoms with Gasteiger partial charge < -0.3 is 26.6 Å². The second kappa shape index (κ2) is 10.9. The van der Waals surface area contributed by atoms with Crippen LogP contribution < -0.4 is 17.0 Å². The van der Waals surface area contributed by atoms with E-state index in [1.807, 2.05) is 0 Å². The largest absolute Gasteiger partial charge is 1.00 e. The molecule has 0 bridgehead atoms. The number of halogens is 1. The van der Waals surface area contributed by atoms with E-state index in [-0.39, 0.29) is 17.0 Å². The smallest absolute Gasteiger partial charge is 0.0783 e. The Hall–Kier alpha value is 0.400. The zero-order valence-corrected chi connectivity index (χ0v) is 12.2. The Bertz CT molecular complexity index is 129. The number of hydrogen-bond donors (Lipinski definition) is 1. The molecule has 0 aromatic heterocycles. The van der Waals surface area contributed by atoms with E-state index in [9.17, 15) is 0 Å². The minimum Gasteiger partial charge on any atom is -1.00 e. The number of aliphatic hydroxyl groups excluding tert-OH is 1. The van der Waals surface area contributed by atoms with Gasteiger partial charge in [-0.25, -0.2) is 0 Å².